The Balaban J connectivity index is 2.17. The molecule has 0 spiro atoms. The molecule has 1 heterocycles. The quantitative estimate of drug-likeness (QED) is 0.822. The summed E-state index contributed by atoms with van der Waals surface area (Å²) >= 11 is 3.04. The van der Waals surface area contributed by atoms with Crippen molar-refractivity contribution in [3.05, 3.63) is 47.9 Å². The van der Waals surface area contributed by atoms with Crippen LogP contribution in [-0.2, 0) is 4.79 Å². The van der Waals surface area contributed by atoms with E-state index in [1.807, 2.05) is 0 Å². The lowest BCUT2D eigenvalue weighted by molar-refractivity contribution is -0.115. The number of nitrogens with one attached hydrogen (secondary N) is 1. The summed E-state index contributed by atoms with van der Waals surface area (Å²) in [5.41, 5.74) is 0. The standard InChI is InChI=1S/C14H10BrF3N2O2/c1-7(15)14(21)20-13-11(18)5-9(6-19-13)22-12-3-2-8(16)4-10(12)17/h2-7H,1H3,(H,19,20,21). The second-order valence-electron chi connectivity index (χ2n) is 4.28. The number of carbonyl (C=O) groups excluding carboxylic acids is 1. The molecule has 0 aliphatic carbocycles. The zero-order valence-electron chi connectivity index (χ0n) is 11.2. The number of anilines is 1. The van der Waals surface area contributed by atoms with Crippen molar-refractivity contribution in [2.75, 3.05) is 5.32 Å². The first-order chi connectivity index (χ1) is 10.4. The SMILES string of the molecule is CC(Br)C(=O)Nc1ncc(Oc2ccc(F)cc2F)cc1F. The van der Waals surface area contributed by atoms with Crippen molar-refractivity contribution >= 4 is 27.7 Å². The van der Waals surface area contributed by atoms with Crippen molar-refractivity contribution in [1.29, 1.82) is 0 Å². The summed E-state index contributed by atoms with van der Waals surface area (Å²) in [5.74, 6) is -3.63. The van der Waals surface area contributed by atoms with Gasteiger partial charge in [0.05, 0.1) is 11.0 Å². The van der Waals surface area contributed by atoms with Crippen LogP contribution in [0, 0.1) is 17.5 Å². The number of rotatable bonds is 4. The molecule has 22 heavy (non-hydrogen) atoms. The van der Waals surface area contributed by atoms with Gasteiger partial charge in [-0.1, -0.05) is 15.9 Å². The highest BCUT2D eigenvalue weighted by molar-refractivity contribution is 9.10. The minimum Gasteiger partial charge on any atom is -0.453 e. The number of pyridine rings is 1. The highest BCUT2D eigenvalue weighted by Gasteiger charge is 2.14. The van der Waals surface area contributed by atoms with Crippen LogP contribution in [0.4, 0.5) is 19.0 Å². The topological polar surface area (TPSA) is 51.2 Å². The number of aromatic nitrogens is 1. The van der Waals surface area contributed by atoms with Gasteiger partial charge in [0.15, 0.2) is 23.2 Å². The van der Waals surface area contributed by atoms with Crippen molar-refractivity contribution in [2.24, 2.45) is 0 Å². The Hall–Kier alpha value is -2.09. The highest BCUT2D eigenvalue weighted by atomic mass is 79.9. The molecule has 1 aromatic carbocycles. The van der Waals surface area contributed by atoms with Crippen molar-refractivity contribution in [1.82, 2.24) is 4.98 Å². The number of hydrogen-bond donors (Lipinski definition) is 1. The first-order valence-electron chi connectivity index (χ1n) is 6.10. The Morgan fingerprint density at radius 3 is 2.59 bits per heavy atom. The monoisotopic (exact) mass is 374 g/mol. The van der Waals surface area contributed by atoms with E-state index in [9.17, 15) is 18.0 Å². The van der Waals surface area contributed by atoms with Gasteiger partial charge in [-0.3, -0.25) is 4.79 Å². The van der Waals surface area contributed by atoms with Crippen LogP contribution in [0.25, 0.3) is 0 Å². The van der Waals surface area contributed by atoms with Crippen molar-refractivity contribution in [3.63, 3.8) is 0 Å². The van der Waals surface area contributed by atoms with Gasteiger partial charge in [-0.05, 0) is 19.1 Å². The molecule has 0 fully saturated rings. The van der Waals surface area contributed by atoms with Crippen LogP contribution in [0.3, 0.4) is 0 Å². The molecule has 0 aliphatic heterocycles. The van der Waals surface area contributed by atoms with E-state index >= 15 is 0 Å². The Morgan fingerprint density at radius 2 is 2.00 bits per heavy atom. The summed E-state index contributed by atoms with van der Waals surface area (Å²) in [6.45, 7) is 1.57. The maximum atomic E-state index is 13.8. The van der Waals surface area contributed by atoms with Crippen molar-refractivity contribution in [3.8, 4) is 11.5 Å². The zero-order valence-corrected chi connectivity index (χ0v) is 12.8. The first-order valence-corrected chi connectivity index (χ1v) is 7.02. The van der Waals surface area contributed by atoms with Gasteiger partial charge >= 0.3 is 0 Å². The molecule has 1 amide bonds. The average Bonchev–Trinajstić information content (AvgIpc) is 2.44. The van der Waals surface area contributed by atoms with E-state index < -0.39 is 28.2 Å². The van der Waals surface area contributed by atoms with Gasteiger partial charge in [-0.2, -0.15) is 0 Å². The fourth-order valence-corrected chi connectivity index (χ4v) is 1.58. The lowest BCUT2D eigenvalue weighted by Gasteiger charge is -2.09. The fraction of sp³-hybridized carbons (Fsp3) is 0.143. The van der Waals surface area contributed by atoms with Gasteiger partial charge < -0.3 is 10.1 Å². The normalized spacial score (nSPS) is 11.9. The number of hydrogen-bond acceptors (Lipinski definition) is 3. The van der Waals surface area contributed by atoms with Crippen molar-refractivity contribution < 1.29 is 22.7 Å². The first kappa shape index (κ1) is 16.3. The third-order valence-corrected chi connectivity index (χ3v) is 2.96. The van der Waals surface area contributed by atoms with Crippen LogP contribution in [0.5, 0.6) is 11.5 Å². The van der Waals surface area contributed by atoms with Crippen LogP contribution in [0.15, 0.2) is 30.5 Å². The number of benzene rings is 1. The third kappa shape index (κ3) is 3.97. The molecule has 116 valence electrons. The lowest BCUT2D eigenvalue weighted by atomic mass is 10.3. The van der Waals surface area contributed by atoms with E-state index in [1.165, 1.54) is 0 Å². The molecule has 2 aromatic rings. The van der Waals surface area contributed by atoms with E-state index in [1.54, 1.807) is 6.92 Å². The number of amides is 1. The van der Waals surface area contributed by atoms with Crippen LogP contribution in [0.1, 0.15) is 6.92 Å². The molecule has 0 bridgehead atoms. The Kier molecular flexibility index (Phi) is 5.02. The summed E-state index contributed by atoms with van der Waals surface area (Å²) in [6, 6.07) is 3.66. The average molecular weight is 375 g/mol. The van der Waals surface area contributed by atoms with Crippen LogP contribution in [0.2, 0.25) is 0 Å². The summed E-state index contributed by atoms with van der Waals surface area (Å²) in [5, 5.41) is 2.27. The number of nitrogens with zero attached hydrogens (tertiary/aromatic N) is 1. The van der Waals surface area contributed by atoms with E-state index in [2.05, 4.69) is 26.2 Å². The predicted octanol–water partition coefficient (Wildman–Crippen LogP) is 4.01. The highest BCUT2D eigenvalue weighted by Crippen LogP contribution is 2.26. The number of alkyl halides is 1. The minimum atomic E-state index is -0.925. The van der Waals surface area contributed by atoms with Gasteiger partial charge in [-0.15, -0.1) is 0 Å². The summed E-state index contributed by atoms with van der Waals surface area (Å²) in [4.78, 5) is 14.6. The van der Waals surface area contributed by atoms with Crippen LogP contribution in [-0.4, -0.2) is 15.7 Å². The van der Waals surface area contributed by atoms with E-state index in [0.29, 0.717) is 6.07 Å². The molecule has 8 heteroatoms. The Bertz CT molecular complexity index is 710. The zero-order chi connectivity index (χ0) is 16.3. The Morgan fingerprint density at radius 1 is 1.27 bits per heavy atom. The summed E-state index contributed by atoms with van der Waals surface area (Å²) < 4.78 is 45.1. The van der Waals surface area contributed by atoms with Gasteiger partial charge in [0.2, 0.25) is 5.91 Å². The number of ether oxygens (including phenoxy) is 1. The van der Waals surface area contributed by atoms with Gasteiger partial charge in [-0.25, -0.2) is 18.2 Å². The van der Waals surface area contributed by atoms with Gasteiger partial charge in [0, 0.05) is 12.1 Å². The van der Waals surface area contributed by atoms with Crippen LogP contribution < -0.4 is 10.1 Å². The third-order valence-electron chi connectivity index (χ3n) is 2.54. The maximum absolute atomic E-state index is 13.8. The molecule has 0 saturated heterocycles. The molecule has 2 rings (SSSR count). The lowest BCUT2D eigenvalue weighted by Crippen LogP contribution is -2.21. The van der Waals surface area contributed by atoms with E-state index in [-0.39, 0.29) is 17.3 Å². The molecule has 0 saturated carbocycles. The molecule has 1 aromatic heterocycles. The smallest absolute Gasteiger partial charge is 0.239 e. The molecule has 1 unspecified atom stereocenters. The maximum Gasteiger partial charge on any atom is 0.239 e. The fourth-order valence-electron chi connectivity index (χ4n) is 1.47. The number of halogens is 4. The van der Waals surface area contributed by atoms with Gasteiger partial charge in [0.25, 0.3) is 0 Å². The van der Waals surface area contributed by atoms with Crippen LogP contribution >= 0.6 is 15.9 Å². The molecule has 0 radical (unpaired) electrons. The van der Waals surface area contributed by atoms with Crippen molar-refractivity contribution in [2.45, 2.75) is 11.8 Å². The molecule has 1 atom stereocenters. The molecule has 1 N–H and O–H groups in total. The minimum absolute atomic E-state index is 0.0899. The second-order valence-corrected chi connectivity index (χ2v) is 5.66. The largest absolute Gasteiger partial charge is 0.453 e. The molecular weight excluding hydrogens is 365 g/mol. The number of carbonyl (C=O) groups is 1. The summed E-state index contributed by atoms with van der Waals surface area (Å²) in [7, 11) is 0. The van der Waals surface area contributed by atoms with Gasteiger partial charge in [0.1, 0.15) is 11.6 Å². The Labute approximate surface area is 132 Å². The van der Waals surface area contributed by atoms with E-state index in [0.717, 1.165) is 24.4 Å². The second kappa shape index (κ2) is 6.78. The molecule has 4 nitrogen and oxygen atoms in total. The van der Waals surface area contributed by atoms with E-state index in [4.69, 9.17) is 4.74 Å². The molecular formula is C14H10BrF3N2O2. The summed E-state index contributed by atoms with van der Waals surface area (Å²) in [6.07, 6.45) is 1.11. The predicted molar refractivity (Wildman–Crippen MR) is 77.6 cm³/mol. The molecule has 0 aliphatic rings.